The summed E-state index contributed by atoms with van der Waals surface area (Å²) in [5.41, 5.74) is 23.1. The van der Waals surface area contributed by atoms with Crippen molar-refractivity contribution in [1.82, 2.24) is 57.8 Å². The molecule has 0 aliphatic heterocycles. The van der Waals surface area contributed by atoms with E-state index < -0.39 is 90.3 Å². The predicted octanol–water partition coefficient (Wildman–Crippen LogP) is 1.90. The van der Waals surface area contributed by atoms with Gasteiger partial charge in [0.1, 0.15) is 42.3 Å². The number of aliphatic imine (C=N–C) groups is 2. The Hall–Kier alpha value is -7.88. The number of hydrogen-bond donors (Lipinski definition) is 16. The molecule has 2 rings (SSSR count). The first-order valence-electron chi connectivity index (χ1n) is 32.6. The number of hydrogen-bond acceptors (Lipinski definition) is 14. The smallest absolute Gasteiger partial charge is 0.326 e. The summed E-state index contributed by atoms with van der Waals surface area (Å²) in [6.07, 6.45) is 19.5. The molecule has 28 nitrogen and oxygen atoms in total. The second-order valence-corrected chi connectivity index (χ2v) is 24.0. The number of aliphatic hydroxyl groups excluding tert-OH is 1. The number of aliphatic hydroxyl groups is 1. The summed E-state index contributed by atoms with van der Waals surface area (Å²) in [6, 6.07) is -1.12. The van der Waals surface area contributed by atoms with Crippen molar-refractivity contribution < 1.29 is 53.4 Å². The van der Waals surface area contributed by atoms with Crippen molar-refractivity contribution in [3.63, 3.8) is 0 Å². The maximum Gasteiger partial charge on any atom is 0.326 e. The second kappa shape index (κ2) is 47.1. The van der Waals surface area contributed by atoms with Crippen LogP contribution >= 0.6 is 0 Å². The number of carbonyl (C=O) groups excluding carboxylic acids is 8. The molecule has 0 spiro atoms. The van der Waals surface area contributed by atoms with Crippen LogP contribution in [0.3, 0.4) is 0 Å². The van der Waals surface area contributed by atoms with Crippen molar-refractivity contribution in [3.05, 3.63) is 54.1 Å². The Kier molecular flexibility index (Phi) is 41.0. The zero-order valence-corrected chi connectivity index (χ0v) is 54.5. The number of carboxylic acids is 1. The third-order valence-electron chi connectivity index (χ3n) is 14.9. The molecule has 0 radical (unpaired) electrons. The topological polar surface area (TPSA) is 460 Å². The number of aromatic amines is 1. The summed E-state index contributed by atoms with van der Waals surface area (Å²) >= 11 is 0. The largest absolute Gasteiger partial charge is 0.480 e. The van der Waals surface area contributed by atoms with E-state index in [9.17, 15) is 53.4 Å². The number of carbonyl (C=O) groups is 9. The number of aromatic nitrogens is 2. The third-order valence-corrected chi connectivity index (χ3v) is 14.9. The number of aliphatic carboxylic acids is 1. The van der Waals surface area contributed by atoms with E-state index in [4.69, 9.17) is 22.9 Å². The van der Waals surface area contributed by atoms with Gasteiger partial charge in [-0.2, -0.15) is 0 Å². The van der Waals surface area contributed by atoms with Gasteiger partial charge in [0.15, 0.2) is 11.9 Å². The minimum absolute atomic E-state index is 0.000473. The number of H-pyrrole nitrogens is 1. The number of nitrogens with two attached hydrogens (primary N) is 4. The fourth-order valence-electron chi connectivity index (χ4n) is 9.94. The van der Waals surface area contributed by atoms with Gasteiger partial charge < -0.3 is 86.0 Å². The van der Waals surface area contributed by atoms with Gasteiger partial charge in [-0.3, -0.25) is 48.3 Å². The molecule has 20 N–H and O–H groups in total. The molecule has 8 amide bonds. The van der Waals surface area contributed by atoms with Crippen LogP contribution in [-0.4, -0.2) is 167 Å². The van der Waals surface area contributed by atoms with Gasteiger partial charge in [0, 0.05) is 43.5 Å². The SMILES string of the molecule is CCCCCCCCCCCCCCCNCC(=O)N[C@@H](CC(C)C)C(=O)N[C@@H](CC(C)C)C(=O)N[C@@H](CCCN=C(N)N)C(=O)N[C@H](CCCN=C(N)N)C(=O)N[C@@H](Cc1cnc[nH]1)C(=O)N[C@@H](CO)C(=O)N[C@@H](CCCCNC(=O)c1ccccc1)C(=O)O. The van der Waals surface area contributed by atoms with Crippen LogP contribution in [0.5, 0.6) is 0 Å². The highest BCUT2D eigenvalue weighted by Crippen LogP contribution is 2.15. The van der Waals surface area contributed by atoms with E-state index in [1.807, 2.05) is 27.7 Å². The van der Waals surface area contributed by atoms with E-state index in [1.165, 1.54) is 76.7 Å². The number of unbranched alkanes of at least 4 members (excludes halogenated alkanes) is 13. The molecule has 0 aliphatic rings. The lowest BCUT2D eigenvalue weighted by atomic mass is 9.99. The van der Waals surface area contributed by atoms with Crippen molar-refractivity contribution >= 4 is 65.1 Å². The molecule has 512 valence electrons. The molecule has 0 saturated heterocycles. The molecule has 7 atom stereocenters. The fourth-order valence-corrected chi connectivity index (χ4v) is 9.94. The Morgan fingerprint density at radius 3 is 1.43 bits per heavy atom. The molecule has 0 saturated carbocycles. The Bertz CT molecular complexity index is 2510. The summed E-state index contributed by atoms with van der Waals surface area (Å²) in [7, 11) is 0. The van der Waals surface area contributed by atoms with E-state index in [-0.39, 0.29) is 120 Å². The van der Waals surface area contributed by atoms with E-state index in [0.29, 0.717) is 24.2 Å². The van der Waals surface area contributed by atoms with E-state index in [0.717, 1.165) is 19.3 Å². The average Bonchev–Trinajstić information content (AvgIpc) is 3.43. The summed E-state index contributed by atoms with van der Waals surface area (Å²) in [5.74, 6) is -7.78. The number of amides is 8. The minimum Gasteiger partial charge on any atom is -0.480 e. The van der Waals surface area contributed by atoms with Gasteiger partial charge in [0.05, 0.1) is 19.5 Å². The van der Waals surface area contributed by atoms with Crippen LogP contribution in [-0.2, 0) is 44.8 Å². The minimum atomic E-state index is -1.70. The molecule has 28 heteroatoms. The molecule has 1 aromatic heterocycles. The normalized spacial score (nSPS) is 13.5. The maximum atomic E-state index is 14.6. The van der Waals surface area contributed by atoms with Gasteiger partial charge >= 0.3 is 5.97 Å². The van der Waals surface area contributed by atoms with Gasteiger partial charge in [-0.1, -0.05) is 130 Å². The second-order valence-electron chi connectivity index (χ2n) is 24.0. The zero-order valence-electron chi connectivity index (χ0n) is 54.5. The standard InChI is InChI=1S/C63H109N17O11/c1-6-7-8-9-10-11-12-13-14-15-16-17-22-31-68-39-53(82)74-49(35-42(2)3)57(86)78-50(36-43(4)5)58(87)76-46(29-24-33-71-62(64)65)55(84)75-47(30-25-34-72-63(66)67)56(85)79-51(37-45-38-69-41-73-45)59(88)80-52(40-81)60(89)77-48(61(90)91)28-21-23-32-70-54(83)44-26-19-18-20-27-44/h18-20,26-27,38,41-43,46-52,68,81H,6-17,21-25,28-37,39-40H2,1-5H3,(H,69,73)(H,70,83)(H,74,82)(H,75,84)(H,76,87)(H,77,89)(H,78,86)(H,79,85)(H,80,88)(H,90,91)(H4,64,65,71)(H4,66,67,72)/t46-,47+,48-,49-,50-,51-,52-/m0/s1. The van der Waals surface area contributed by atoms with Crippen LogP contribution < -0.4 is 70.8 Å². The molecule has 0 bridgehead atoms. The number of nitrogens with one attached hydrogen (secondary N) is 10. The Balaban J connectivity index is 2.26. The number of nitrogens with zero attached hydrogens (tertiary/aromatic N) is 3. The molecule has 91 heavy (non-hydrogen) atoms. The van der Waals surface area contributed by atoms with Crippen LogP contribution in [0, 0.1) is 11.8 Å². The van der Waals surface area contributed by atoms with Crippen LogP contribution in [0.2, 0.25) is 0 Å². The third kappa shape index (κ3) is 36.5. The van der Waals surface area contributed by atoms with E-state index in [1.54, 1.807) is 30.3 Å². The molecule has 0 unspecified atom stereocenters. The van der Waals surface area contributed by atoms with Crippen LogP contribution in [0.1, 0.15) is 192 Å². The van der Waals surface area contributed by atoms with Gasteiger partial charge in [-0.15, -0.1) is 0 Å². The molecular formula is C63H109N17O11. The lowest BCUT2D eigenvalue weighted by molar-refractivity contribution is -0.142. The zero-order chi connectivity index (χ0) is 67.3. The maximum absolute atomic E-state index is 14.6. The highest BCUT2D eigenvalue weighted by atomic mass is 16.4. The molecule has 0 aliphatic carbocycles. The molecule has 1 heterocycles. The predicted molar refractivity (Wildman–Crippen MR) is 350 cm³/mol. The highest BCUT2D eigenvalue weighted by molar-refractivity contribution is 5.98. The first-order chi connectivity index (χ1) is 43.5. The first kappa shape index (κ1) is 79.2. The van der Waals surface area contributed by atoms with Crippen molar-refractivity contribution in [2.75, 3.05) is 39.3 Å². The molecule has 2 aromatic rings. The summed E-state index contributed by atoms with van der Waals surface area (Å²) in [6.45, 7) is 9.70. The van der Waals surface area contributed by atoms with Crippen LogP contribution in [0.4, 0.5) is 0 Å². The summed E-state index contributed by atoms with van der Waals surface area (Å²) < 4.78 is 0. The van der Waals surface area contributed by atoms with Crippen molar-refractivity contribution in [2.45, 2.75) is 225 Å². The average molecular weight is 1280 g/mol. The number of rotatable bonds is 51. The lowest BCUT2D eigenvalue weighted by Gasteiger charge is -2.28. The van der Waals surface area contributed by atoms with Crippen LogP contribution in [0.15, 0.2) is 52.8 Å². The van der Waals surface area contributed by atoms with Gasteiger partial charge in [-0.25, -0.2) is 9.78 Å². The summed E-state index contributed by atoms with van der Waals surface area (Å²) in [5, 5.41) is 44.7. The van der Waals surface area contributed by atoms with Crippen molar-refractivity contribution in [3.8, 4) is 0 Å². The number of benzene rings is 1. The molecule has 1 aromatic carbocycles. The highest BCUT2D eigenvalue weighted by Gasteiger charge is 2.35. The van der Waals surface area contributed by atoms with E-state index >= 15 is 0 Å². The monoisotopic (exact) mass is 1280 g/mol. The lowest BCUT2D eigenvalue weighted by Crippen LogP contribution is -2.60. The van der Waals surface area contributed by atoms with Gasteiger partial charge in [-0.05, 0) is 94.7 Å². The number of imidazole rings is 1. The molecular weight excluding hydrogens is 1170 g/mol. The number of carboxylic acid groups (broad SMARTS) is 1. The number of guanidine groups is 2. The van der Waals surface area contributed by atoms with Gasteiger partial charge in [0.25, 0.3) is 5.91 Å². The quantitative estimate of drug-likeness (QED) is 0.0255. The summed E-state index contributed by atoms with van der Waals surface area (Å²) in [4.78, 5) is 138. The van der Waals surface area contributed by atoms with E-state index in [2.05, 4.69) is 74.7 Å². The molecule has 0 fully saturated rings. The Labute approximate surface area is 537 Å². The van der Waals surface area contributed by atoms with Crippen LogP contribution in [0.25, 0.3) is 0 Å². The van der Waals surface area contributed by atoms with Gasteiger partial charge in [0.2, 0.25) is 41.4 Å². The Morgan fingerprint density at radius 2 is 0.945 bits per heavy atom. The Morgan fingerprint density at radius 1 is 0.516 bits per heavy atom. The fraction of sp³-hybridized carbons (Fsp3) is 0.683. The van der Waals surface area contributed by atoms with Crippen molar-refractivity contribution in [1.29, 1.82) is 0 Å². The van der Waals surface area contributed by atoms with Crippen molar-refractivity contribution in [2.24, 2.45) is 44.8 Å². The first-order valence-corrected chi connectivity index (χ1v) is 32.6.